The summed E-state index contributed by atoms with van der Waals surface area (Å²) in [5.74, 6) is 1.82. The van der Waals surface area contributed by atoms with Crippen LogP contribution in [0.2, 0.25) is 0 Å². The monoisotopic (exact) mass is 249 g/mol. The Morgan fingerprint density at radius 3 is 2.83 bits per heavy atom. The van der Waals surface area contributed by atoms with Crippen molar-refractivity contribution in [2.75, 3.05) is 6.54 Å². The van der Waals surface area contributed by atoms with Crippen molar-refractivity contribution < 1.29 is 4.79 Å². The van der Waals surface area contributed by atoms with Crippen molar-refractivity contribution in [3.8, 4) is 0 Å². The number of nitrogens with zero attached hydrogens (tertiary/aromatic N) is 4. The van der Waals surface area contributed by atoms with Gasteiger partial charge in [-0.3, -0.25) is 0 Å². The highest BCUT2D eigenvalue weighted by Gasteiger charge is 2.25. The minimum absolute atomic E-state index is 0.0498. The average molecular weight is 249 g/mol. The molecule has 2 heterocycles. The van der Waals surface area contributed by atoms with E-state index in [0.29, 0.717) is 12.6 Å². The summed E-state index contributed by atoms with van der Waals surface area (Å²) in [4.78, 5) is 14.0. The molecule has 1 saturated carbocycles. The van der Waals surface area contributed by atoms with Crippen molar-refractivity contribution in [3.63, 3.8) is 0 Å². The molecule has 0 unspecified atom stereocenters. The zero-order valence-electron chi connectivity index (χ0n) is 10.7. The number of aromatic nitrogens is 3. The van der Waals surface area contributed by atoms with Gasteiger partial charge in [0.15, 0.2) is 5.82 Å². The zero-order chi connectivity index (χ0) is 12.5. The van der Waals surface area contributed by atoms with Crippen LogP contribution in [0.15, 0.2) is 0 Å². The van der Waals surface area contributed by atoms with Crippen LogP contribution < -0.4 is 5.32 Å². The molecule has 1 N–H and O–H groups in total. The van der Waals surface area contributed by atoms with Gasteiger partial charge in [-0.15, -0.1) is 10.2 Å². The van der Waals surface area contributed by atoms with E-state index in [1.54, 1.807) is 0 Å². The first-order valence-corrected chi connectivity index (χ1v) is 6.68. The first-order valence-electron chi connectivity index (χ1n) is 6.68. The molecule has 0 bridgehead atoms. The second kappa shape index (κ2) is 4.59. The molecule has 18 heavy (non-hydrogen) atoms. The third-order valence-electron chi connectivity index (χ3n) is 3.91. The van der Waals surface area contributed by atoms with Gasteiger partial charge in [-0.25, -0.2) is 4.79 Å². The molecular weight excluding hydrogens is 230 g/mol. The molecule has 0 spiro atoms. The predicted octanol–water partition coefficient (Wildman–Crippen LogP) is 1.05. The van der Waals surface area contributed by atoms with Gasteiger partial charge in [0.05, 0.1) is 6.54 Å². The molecular formula is C12H19N5O. The van der Waals surface area contributed by atoms with Gasteiger partial charge in [-0.05, 0) is 19.8 Å². The van der Waals surface area contributed by atoms with E-state index in [1.807, 2.05) is 11.8 Å². The number of hydrogen-bond donors (Lipinski definition) is 1. The SMILES string of the molecule is Cc1nnc2n1CCN(C(=O)NC1CCCC1)C2. The molecule has 6 heteroatoms. The maximum Gasteiger partial charge on any atom is 0.318 e. The zero-order valence-corrected chi connectivity index (χ0v) is 10.7. The summed E-state index contributed by atoms with van der Waals surface area (Å²) in [6.07, 6.45) is 4.71. The predicted molar refractivity (Wildman–Crippen MR) is 66.0 cm³/mol. The molecule has 0 saturated heterocycles. The smallest absolute Gasteiger partial charge is 0.318 e. The van der Waals surface area contributed by atoms with Crippen LogP contribution in [0.3, 0.4) is 0 Å². The second-order valence-corrected chi connectivity index (χ2v) is 5.17. The number of amides is 2. The Bertz CT molecular complexity index is 449. The molecule has 0 radical (unpaired) electrons. The largest absolute Gasteiger partial charge is 0.335 e. The Morgan fingerprint density at radius 1 is 1.28 bits per heavy atom. The van der Waals surface area contributed by atoms with Crippen LogP contribution in [0.5, 0.6) is 0 Å². The summed E-state index contributed by atoms with van der Waals surface area (Å²) < 4.78 is 2.08. The van der Waals surface area contributed by atoms with Gasteiger partial charge in [0, 0.05) is 19.1 Å². The molecule has 3 rings (SSSR count). The fourth-order valence-corrected chi connectivity index (χ4v) is 2.81. The lowest BCUT2D eigenvalue weighted by atomic mass is 10.2. The number of rotatable bonds is 1. The summed E-state index contributed by atoms with van der Waals surface area (Å²) in [5.41, 5.74) is 0. The molecule has 1 aromatic heterocycles. The van der Waals surface area contributed by atoms with Gasteiger partial charge in [0.2, 0.25) is 0 Å². The van der Waals surface area contributed by atoms with Gasteiger partial charge in [-0.1, -0.05) is 12.8 Å². The van der Waals surface area contributed by atoms with Crippen molar-refractivity contribution in [3.05, 3.63) is 11.6 Å². The van der Waals surface area contributed by atoms with Crippen LogP contribution >= 0.6 is 0 Å². The van der Waals surface area contributed by atoms with Crippen molar-refractivity contribution in [1.82, 2.24) is 25.0 Å². The third-order valence-corrected chi connectivity index (χ3v) is 3.91. The molecule has 0 aromatic carbocycles. The van der Waals surface area contributed by atoms with E-state index >= 15 is 0 Å². The van der Waals surface area contributed by atoms with Gasteiger partial charge in [0.1, 0.15) is 5.82 Å². The number of fused-ring (bicyclic) bond motifs is 1. The summed E-state index contributed by atoms with van der Waals surface area (Å²) in [5, 5.41) is 11.3. The van der Waals surface area contributed by atoms with Gasteiger partial charge >= 0.3 is 6.03 Å². The highest BCUT2D eigenvalue weighted by atomic mass is 16.2. The Balaban J connectivity index is 1.62. The topological polar surface area (TPSA) is 63.1 Å². The number of hydrogen-bond acceptors (Lipinski definition) is 3. The third kappa shape index (κ3) is 2.07. The maximum absolute atomic E-state index is 12.1. The normalized spacial score (nSPS) is 19.9. The van der Waals surface area contributed by atoms with E-state index in [2.05, 4.69) is 20.1 Å². The van der Waals surface area contributed by atoms with Crippen molar-refractivity contribution in [1.29, 1.82) is 0 Å². The highest BCUT2D eigenvalue weighted by Crippen LogP contribution is 2.18. The van der Waals surface area contributed by atoms with E-state index < -0.39 is 0 Å². The maximum atomic E-state index is 12.1. The first kappa shape index (κ1) is 11.5. The lowest BCUT2D eigenvalue weighted by Gasteiger charge is -2.29. The molecule has 98 valence electrons. The fourth-order valence-electron chi connectivity index (χ4n) is 2.81. The average Bonchev–Trinajstić information content (AvgIpc) is 2.99. The van der Waals surface area contributed by atoms with E-state index in [0.717, 1.165) is 37.6 Å². The van der Waals surface area contributed by atoms with Crippen molar-refractivity contribution >= 4 is 6.03 Å². The lowest BCUT2D eigenvalue weighted by molar-refractivity contribution is 0.178. The van der Waals surface area contributed by atoms with Crippen LogP contribution in [-0.2, 0) is 13.1 Å². The molecule has 1 fully saturated rings. The molecule has 1 aromatic rings. The minimum Gasteiger partial charge on any atom is -0.335 e. The van der Waals surface area contributed by atoms with Crippen LogP contribution in [0, 0.1) is 6.92 Å². The number of carbonyl (C=O) groups is 1. The second-order valence-electron chi connectivity index (χ2n) is 5.17. The van der Waals surface area contributed by atoms with Gasteiger partial charge in [-0.2, -0.15) is 0 Å². The highest BCUT2D eigenvalue weighted by molar-refractivity contribution is 5.74. The Kier molecular flexibility index (Phi) is 2.93. The standard InChI is InChI=1S/C12H19N5O/c1-9-14-15-11-8-16(6-7-17(9)11)12(18)13-10-4-2-3-5-10/h10H,2-8H2,1H3,(H,13,18). The molecule has 2 aliphatic rings. The fraction of sp³-hybridized carbons (Fsp3) is 0.750. The Hall–Kier alpha value is -1.59. The molecule has 0 atom stereocenters. The summed E-state index contributed by atoms with van der Waals surface area (Å²) >= 11 is 0. The minimum atomic E-state index is 0.0498. The Morgan fingerprint density at radius 2 is 2.06 bits per heavy atom. The van der Waals surface area contributed by atoms with Crippen LogP contribution in [-0.4, -0.2) is 38.3 Å². The number of nitrogens with one attached hydrogen (secondary N) is 1. The van der Waals surface area contributed by atoms with Crippen molar-refractivity contribution in [2.45, 2.75) is 51.7 Å². The van der Waals surface area contributed by atoms with E-state index in [-0.39, 0.29) is 6.03 Å². The number of urea groups is 1. The summed E-state index contributed by atoms with van der Waals surface area (Å²) in [7, 11) is 0. The molecule has 1 aliphatic heterocycles. The van der Waals surface area contributed by atoms with E-state index in [9.17, 15) is 4.79 Å². The Labute approximate surface area is 106 Å². The molecule has 2 amide bonds. The van der Waals surface area contributed by atoms with Crippen molar-refractivity contribution in [2.24, 2.45) is 0 Å². The quantitative estimate of drug-likeness (QED) is 0.809. The number of carbonyl (C=O) groups excluding carboxylic acids is 1. The number of aryl methyl sites for hydroxylation is 1. The van der Waals surface area contributed by atoms with E-state index in [1.165, 1.54) is 12.8 Å². The molecule has 6 nitrogen and oxygen atoms in total. The van der Waals surface area contributed by atoms with Gasteiger partial charge < -0.3 is 14.8 Å². The van der Waals surface area contributed by atoms with Crippen LogP contribution in [0.25, 0.3) is 0 Å². The van der Waals surface area contributed by atoms with Crippen LogP contribution in [0.4, 0.5) is 4.79 Å². The van der Waals surface area contributed by atoms with Crippen LogP contribution in [0.1, 0.15) is 37.3 Å². The van der Waals surface area contributed by atoms with Gasteiger partial charge in [0.25, 0.3) is 0 Å². The summed E-state index contributed by atoms with van der Waals surface area (Å²) in [6.45, 7) is 4.06. The lowest BCUT2D eigenvalue weighted by Crippen LogP contribution is -2.47. The van der Waals surface area contributed by atoms with E-state index in [4.69, 9.17) is 0 Å². The summed E-state index contributed by atoms with van der Waals surface area (Å²) in [6, 6.07) is 0.424. The molecule has 1 aliphatic carbocycles. The first-order chi connectivity index (χ1) is 8.74.